The lowest BCUT2D eigenvalue weighted by molar-refractivity contribution is 0.629. The third-order valence-corrected chi connectivity index (χ3v) is 4.04. The minimum Gasteiger partial charge on any atom is -0.228 e. The number of halogens is 2. The molecule has 0 fully saturated rings. The predicted octanol–water partition coefficient (Wildman–Crippen LogP) is 4.81. The first kappa shape index (κ1) is 13.3. The van der Waals surface area contributed by atoms with Crippen LogP contribution in [-0.2, 0) is 0 Å². The van der Waals surface area contributed by atoms with Crippen molar-refractivity contribution in [1.82, 2.24) is 9.97 Å². The summed E-state index contributed by atoms with van der Waals surface area (Å²) in [5.74, 6) is 0.175. The molecule has 2 nitrogen and oxygen atoms in total. The van der Waals surface area contributed by atoms with Gasteiger partial charge in [0.15, 0.2) is 5.82 Å². The summed E-state index contributed by atoms with van der Waals surface area (Å²) in [6.07, 6.45) is 1.99. The number of nitrogens with zero attached hydrogens (tertiary/aromatic N) is 2. The molecule has 0 unspecified atom stereocenters. The van der Waals surface area contributed by atoms with Crippen LogP contribution in [0.4, 0.5) is 4.39 Å². The average Bonchev–Trinajstić information content (AvgIpc) is 2.46. The molecular formula is C15H10ClFN2S. The van der Waals surface area contributed by atoms with Crippen LogP contribution in [0, 0.1) is 5.82 Å². The molecule has 0 saturated heterocycles. The molecule has 2 aromatic carbocycles. The summed E-state index contributed by atoms with van der Waals surface area (Å²) in [6, 6.07) is 12.1. The van der Waals surface area contributed by atoms with E-state index in [0.29, 0.717) is 21.9 Å². The standard InChI is InChI=1S/C15H10ClFN2S/c1-20-13-5-3-2-4-11(13)15-18-12-8-9(17)6-7-10(12)14(16)19-15/h2-8H,1H3. The lowest BCUT2D eigenvalue weighted by Crippen LogP contribution is -1.93. The smallest absolute Gasteiger partial charge is 0.162 e. The molecule has 0 N–H and O–H groups in total. The van der Waals surface area contributed by atoms with Crippen LogP contribution in [0.3, 0.4) is 0 Å². The maximum atomic E-state index is 13.3. The van der Waals surface area contributed by atoms with Gasteiger partial charge in [-0.15, -0.1) is 11.8 Å². The second-order valence-corrected chi connectivity index (χ2v) is 5.41. The van der Waals surface area contributed by atoms with Gasteiger partial charge in [0.2, 0.25) is 0 Å². The molecule has 0 aliphatic heterocycles. The molecule has 0 bridgehead atoms. The highest BCUT2D eigenvalue weighted by atomic mass is 35.5. The topological polar surface area (TPSA) is 25.8 Å². The van der Waals surface area contributed by atoms with E-state index in [-0.39, 0.29) is 5.82 Å². The highest BCUT2D eigenvalue weighted by molar-refractivity contribution is 7.98. The molecule has 3 rings (SSSR count). The Labute approximate surface area is 125 Å². The van der Waals surface area contributed by atoms with Gasteiger partial charge in [-0.2, -0.15) is 0 Å². The van der Waals surface area contributed by atoms with Crippen molar-refractivity contribution < 1.29 is 4.39 Å². The fourth-order valence-electron chi connectivity index (χ4n) is 2.01. The second-order valence-electron chi connectivity index (χ2n) is 4.20. The number of aromatic nitrogens is 2. The number of fused-ring (bicyclic) bond motifs is 1. The third kappa shape index (κ3) is 2.37. The molecule has 0 atom stereocenters. The highest BCUT2D eigenvalue weighted by Crippen LogP contribution is 2.30. The van der Waals surface area contributed by atoms with Gasteiger partial charge in [0, 0.05) is 21.9 Å². The Morgan fingerprint density at radius 3 is 2.70 bits per heavy atom. The molecular weight excluding hydrogens is 295 g/mol. The van der Waals surface area contributed by atoms with Crippen molar-refractivity contribution in [3.8, 4) is 11.4 Å². The van der Waals surface area contributed by atoms with Gasteiger partial charge in [0.25, 0.3) is 0 Å². The Hall–Kier alpha value is -1.65. The van der Waals surface area contributed by atoms with Gasteiger partial charge in [0.1, 0.15) is 11.0 Å². The van der Waals surface area contributed by atoms with E-state index >= 15 is 0 Å². The SMILES string of the molecule is CSc1ccccc1-c1nc(Cl)c2ccc(F)cc2n1. The number of thioether (sulfide) groups is 1. The van der Waals surface area contributed by atoms with Gasteiger partial charge in [-0.05, 0) is 24.5 Å². The van der Waals surface area contributed by atoms with Gasteiger partial charge in [0.05, 0.1) is 5.52 Å². The van der Waals surface area contributed by atoms with Crippen LogP contribution in [0.2, 0.25) is 5.15 Å². The quantitative estimate of drug-likeness (QED) is 0.502. The van der Waals surface area contributed by atoms with Gasteiger partial charge < -0.3 is 0 Å². The summed E-state index contributed by atoms with van der Waals surface area (Å²) in [4.78, 5) is 9.81. The molecule has 20 heavy (non-hydrogen) atoms. The monoisotopic (exact) mass is 304 g/mol. The van der Waals surface area contributed by atoms with Crippen LogP contribution >= 0.6 is 23.4 Å². The van der Waals surface area contributed by atoms with Crippen LogP contribution in [0.15, 0.2) is 47.4 Å². The van der Waals surface area contributed by atoms with E-state index < -0.39 is 0 Å². The normalized spacial score (nSPS) is 10.9. The lowest BCUT2D eigenvalue weighted by Gasteiger charge is -2.08. The second kappa shape index (κ2) is 5.38. The average molecular weight is 305 g/mol. The summed E-state index contributed by atoms with van der Waals surface area (Å²) >= 11 is 7.79. The zero-order valence-electron chi connectivity index (χ0n) is 10.6. The molecule has 0 saturated carbocycles. The lowest BCUT2D eigenvalue weighted by atomic mass is 10.2. The first-order valence-corrected chi connectivity index (χ1v) is 7.55. The van der Waals surface area contributed by atoms with E-state index in [1.54, 1.807) is 17.8 Å². The number of rotatable bonds is 2. The van der Waals surface area contributed by atoms with E-state index in [0.717, 1.165) is 10.5 Å². The van der Waals surface area contributed by atoms with Crippen LogP contribution in [0.1, 0.15) is 0 Å². The summed E-state index contributed by atoms with van der Waals surface area (Å²) in [7, 11) is 0. The van der Waals surface area contributed by atoms with E-state index in [2.05, 4.69) is 9.97 Å². The number of hydrogen-bond acceptors (Lipinski definition) is 3. The molecule has 0 amide bonds. The van der Waals surface area contributed by atoms with Gasteiger partial charge in [-0.25, -0.2) is 14.4 Å². The van der Waals surface area contributed by atoms with E-state index in [4.69, 9.17) is 11.6 Å². The molecule has 1 heterocycles. The minimum absolute atomic E-state index is 0.334. The van der Waals surface area contributed by atoms with Gasteiger partial charge >= 0.3 is 0 Å². The Balaban J connectivity index is 2.26. The van der Waals surface area contributed by atoms with Gasteiger partial charge in [-0.1, -0.05) is 29.8 Å². The minimum atomic E-state index is -0.337. The third-order valence-electron chi connectivity index (χ3n) is 2.96. The van der Waals surface area contributed by atoms with Crippen molar-refractivity contribution in [1.29, 1.82) is 0 Å². The summed E-state index contributed by atoms with van der Waals surface area (Å²) < 4.78 is 13.3. The Kier molecular flexibility index (Phi) is 3.59. The maximum absolute atomic E-state index is 13.3. The van der Waals surface area contributed by atoms with Crippen molar-refractivity contribution in [2.45, 2.75) is 4.90 Å². The van der Waals surface area contributed by atoms with Crippen LogP contribution < -0.4 is 0 Å². The fraction of sp³-hybridized carbons (Fsp3) is 0.0667. The highest BCUT2D eigenvalue weighted by Gasteiger charge is 2.11. The van der Waals surface area contributed by atoms with Crippen LogP contribution in [-0.4, -0.2) is 16.2 Å². The molecule has 0 radical (unpaired) electrons. The molecule has 1 aromatic heterocycles. The van der Waals surface area contributed by atoms with Crippen molar-refractivity contribution in [3.63, 3.8) is 0 Å². The van der Waals surface area contributed by atoms with Crippen molar-refractivity contribution in [2.75, 3.05) is 6.26 Å². The number of hydrogen-bond donors (Lipinski definition) is 0. The molecule has 0 aliphatic carbocycles. The zero-order chi connectivity index (χ0) is 14.1. The van der Waals surface area contributed by atoms with Crippen molar-refractivity contribution in [2.24, 2.45) is 0 Å². The first-order chi connectivity index (χ1) is 9.69. The molecule has 0 aliphatic rings. The Bertz CT molecular complexity index is 792. The molecule has 100 valence electrons. The maximum Gasteiger partial charge on any atom is 0.162 e. The van der Waals surface area contributed by atoms with E-state index in [1.165, 1.54) is 12.1 Å². The largest absolute Gasteiger partial charge is 0.228 e. The predicted molar refractivity (Wildman–Crippen MR) is 81.7 cm³/mol. The molecule has 5 heteroatoms. The Morgan fingerprint density at radius 1 is 1.10 bits per heavy atom. The van der Waals surface area contributed by atoms with Gasteiger partial charge in [-0.3, -0.25) is 0 Å². The van der Waals surface area contributed by atoms with Crippen LogP contribution in [0.25, 0.3) is 22.3 Å². The summed E-state index contributed by atoms with van der Waals surface area (Å²) in [6.45, 7) is 0. The summed E-state index contributed by atoms with van der Waals surface area (Å²) in [5.41, 5.74) is 1.41. The summed E-state index contributed by atoms with van der Waals surface area (Å²) in [5, 5.41) is 0.986. The Morgan fingerprint density at radius 2 is 1.90 bits per heavy atom. The number of benzene rings is 2. The molecule has 3 aromatic rings. The molecule has 0 spiro atoms. The van der Waals surface area contributed by atoms with Crippen LogP contribution in [0.5, 0.6) is 0 Å². The van der Waals surface area contributed by atoms with Crippen molar-refractivity contribution in [3.05, 3.63) is 53.4 Å². The first-order valence-electron chi connectivity index (χ1n) is 5.95. The van der Waals surface area contributed by atoms with Crippen molar-refractivity contribution >= 4 is 34.3 Å². The van der Waals surface area contributed by atoms with E-state index in [9.17, 15) is 4.39 Å². The zero-order valence-corrected chi connectivity index (χ0v) is 12.2. The fourth-order valence-corrected chi connectivity index (χ4v) is 2.85. The van der Waals surface area contributed by atoms with E-state index in [1.807, 2.05) is 30.5 Å².